The molecule has 0 atom stereocenters. The van der Waals surface area contributed by atoms with Crippen LogP contribution in [0.5, 0.6) is 0 Å². The first kappa shape index (κ1) is 47.2. The van der Waals surface area contributed by atoms with Crippen LogP contribution in [0.1, 0.15) is 47.9 Å². The van der Waals surface area contributed by atoms with Gasteiger partial charge < -0.3 is 0 Å². The molecule has 2 aliphatic rings. The molecule has 288 valence electrons. The van der Waals surface area contributed by atoms with Gasteiger partial charge in [-0.3, -0.25) is 12.2 Å². The first-order valence-electron chi connectivity index (χ1n) is 17.1. The van der Waals surface area contributed by atoms with Gasteiger partial charge in [0.1, 0.15) is 0 Å². The minimum absolute atomic E-state index is 0. The van der Waals surface area contributed by atoms with Crippen LogP contribution in [0.4, 0.5) is 17.6 Å². The average molecular weight is 827 g/mol. The standard InChI is InChI=1S/2C16H16F2NO2S.2C5H5.Ti/c2*1-12-4-8-15(9-5-12)22(20,21)19-10-2-3-13-6-7-14(17)11-16(13)18;2*1-2-4-5-3-1;/h2*4-9,19H,2-3,10H2,1H3;2*1-3H,4H2;/q4*-1;+4. The van der Waals surface area contributed by atoms with E-state index < -0.39 is 43.3 Å². The Morgan fingerprint density at radius 3 is 1.20 bits per heavy atom. The summed E-state index contributed by atoms with van der Waals surface area (Å²) in [5, 5.41) is 0. The molecule has 0 bridgehead atoms. The predicted octanol–water partition coefficient (Wildman–Crippen LogP) is 8.58. The fraction of sp³-hybridized carbons (Fsp3) is 0.238. The molecule has 0 unspecified atom stereocenters. The van der Waals surface area contributed by atoms with E-state index in [0.717, 1.165) is 36.1 Å². The fourth-order valence-corrected chi connectivity index (χ4v) is 6.73. The maximum absolute atomic E-state index is 13.4. The molecule has 4 aromatic carbocycles. The number of benzene rings is 4. The molecule has 0 amide bonds. The van der Waals surface area contributed by atoms with E-state index in [-0.39, 0.29) is 44.6 Å². The molecule has 13 heteroatoms. The summed E-state index contributed by atoms with van der Waals surface area (Å²) in [6.45, 7) is 4.09. The summed E-state index contributed by atoms with van der Waals surface area (Å²) in [7, 11) is -7.12. The zero-order valence-corrected chi connectivity index (χ0v) is 33.7. The second kappa shape index (κ2) is 24.6. The quantitative estimate of drug-likeness (QED) is 0.0649. The van der Waals surface area contributed by atoms with Crippen molar-refractivity contribution in [1.29, 1.82) is 0 Å². The molecular weight excluding hydrogens is 784 g/mol. The second-order valence-electron chi connectivity index (χ2n) is 11.9. The third-order valence-electron chi connectivity index (χ3n) is 7.55. The molecule has 2 aliphatic carbocycles. The summed E-state index contributed by atoms with van der Waals surface area (Å²) in [4.78, 5) is 0.388. The van der Waals surface area contributed by atoms with Crippen LogP contribution in [0.25, 0.3) is 0 Å². The Balaban J connectivity index is 0.000000298. The number of aryl methyl sites for hydroxylation is 4. The third-order valence-corrected chi connectivity index (χ3v) is 10.5. The van der Waals surface area contributed by atoms with Crippen molar-refractivity contribution in [2.75, 3.05) is 13.1 Å². The van der Waals surface area contributed by atoms with E-state index in [9.17, 15) is 34.4 Å². The SMILES string of the molecule is Cc1ccc(S(=O)(=O)NCCCc2ccc(F)[c-]c2F)cc1.Cc1ccc(S(=O)(=O)NCCCc2ccc(F)[c-]c2F)cc1.[C-]1=CC=CC1.[C-]1=CC=CC1.[Ti+4]. The van der Waals surface area contributed by atoms with Gasteiger partial charge in [-0.1, -0.05) is 48.2 Å². The van der Waals surface area contributed by atoms with Crippen LogP contribution in [0.15, 0.2) is 119 Å². The van der Waals surface area contributed by atoms with Gasteiger partial charge in [-0.05, 0) is 51.0 Å². The van der Waals surface area contributed by atoms with Gasteiger partial charge in [-0.2, -0.15) is 24.3 Å². The number of allylic oxidation sites excluding steroid dienone is 8. The monoisotopic (exact) mass is 826 g/mol. The Morgan fingerprint density at radius 2 is 0.927 bits per heavy atom. The maximum atomic E-state index is 13.4. The van der Waals surface area contributed by atoms with E-state index in [1.54, 1.807) is 24.3 Å². The molecule has 4 aromatic rings. The largest absolute Gasteiger partial charge is 4.00 e. The van der Waals surface area contributed by atoms with Gasteiger partial charge in [-0.25, -0.2) is 68.1 Å². The number of rotatable bonds is 12. The molecule has 0 aromatic heterocycles. The van der Waals surface area contributed by atoms with Crippen molar-refractivity contribution in [3.63, 3.8) is 0 Å². The molecule has 6 nitrogen and oxygen atoms in total. The minimum Gasteiger partial charge on any atom is -0.273 e. The molecule has 2 N–H and O–H groups in total. The second-order valence-corrected chi connectivity index (χ2v) is 15.5. The Kier molecular flexibility index (Phi) is 21.1. The molecule has 0 fully saturated rings. The van der Waals surface area contributed by atoms with Crippen LogP contribution in [-0.4, -0.2) is 29.9 Å². The topological polar surface area (TPSA) is 92.3 Å². The van der Waals surface area contributed by atoms with Gasteiger partial charge in [0.25, 0.3) is 0 Å². The number of hydrogen-bond acceptors (Lipinski definition) is 4. The van der Waals surface area contributed by atoms with Crippen molar-refractivity contribution in [3.05, 3.63) is 179 Å². The third kappa shape index (κ3) is 18.1. The van der Waals surface area contributed by atoms with E-state index in [0.29, 0.717) is 36.8 Å². The van der Waals surface area contributed by atoms with Crippen LogP contribution in [0.3, 0.4) is 0 Å². The Bertz CT molecular complexity index is 1950. The zero-order valence-electron chi connectivity index (χ0n) is 30.5. The van der Waals surface area contributed by atoms with E-state index >= 15 is 0 Å². The Morgan fingerprint density at radius 1 is 0.564 bits per heavy atom. The molecule has 6 rings (SSSR count). The van der Waals surface area contributed by atoms with Gasteiger partial charge >= 0.3 is 21.7 Å². The van der Waals surface area contributed by atoms with Crippen LogP contribution < -0.4 is 9.44 Å². The van der Waals surface area contributed by atoms with Crippen molar-refractivity contribution in [2.45, 2.75) is 62.2 Å². The summed E-state index contributed by atoms with van der Waals surface area (Å²) >= 11 is 0. The summed E-state index contributed by atoms with van der Waals surface area (Å²) in [6.07, 6.45) is 21.4. The smallest absolute Gasteiger partial charge is 0.273 e. The van der Waals surface area contributed by atoms with Crippen molar-refractivity contribution >= 4 is 20.0 Å². The molecule has 0 saturated heterocycles. The molecule has 0 radical (unpaired) electrons. The molecular formula is C42H42F4N2O4S2Ti. The van der Waals surface area contributed by atoms with E-state index in [4.69, 9.17) is 0 Å². The Labute approximate surface area is 338 Å². The first-order chi connectivity index (χ1) is 25.8. The van der Waals surface area contributed by atoms with E-state index in [2.05, 4.69) is 33.7 Å². The van der Waals surface area contributed by atoms with Crippen LogP contribution in [0.2, 0.25) is 0 Å². The molecule has 0 heterocycles. The van der Waals surface area contributed by atoms with Crippen molar-refractivity contribution in [3.8, 4) is 0 Å². The maximum Gasteiger partial charge on any atom is 4.00 e. The van der Waals surface area contributed by atoms with Gasteiger partial charge in [0.15, 0.2) is 0 Å². The summed E-state index contributed by atoms with van der Waals surface area (Å²) in [5.41, 5.74) is 2.58. The number of hydrogen-bond donors (Lipinski definition) is 2. The molecule has 0 saturated carbocycles. The van der Waals surface area contributed by atoms with Crippen molar-refractivity contribution < 1.29 is 56.1 Å². The molecule has 0 aliphatic heterocycles. The summed E-state index contributed by atoms with van der Waals surface area (Å²) < 4.78 is 105. The van der Waals surface area contributed by atoms with Crippen molar-refractivity contribution in [2.24, 2.45) is 0 Å². The van der Waals surface area contributed by atoms with Crippen LogP contribution >= 0.6 is 0 Å². The molecule has 0 spiro atoms. The van der Waals surface area contributed by atoms with Gasteiger partial charge in [-0.15, -0.1) is 48.2 Å². The van der Waals surface area contributed by atoms with Crippen LogP contribution in [0, 0.1) is 61.4 Å². The summed E-state index contributed by atoms with van der Waals surface area (Å²) in [5.74, 6) is -2.97. The summed E-state index contributed by atoms with van der Waals surface area (Å²) in [6, 6.07) is 21.9. The number of nitrogens with one attached hydrogen (secondary N) is 2. The minimum atomic E-state index is -3.56. The van der Waals surface area contributed by atoms with E-state index in [1.807, 2.05) is 50.3 Å². The fourth-order valence-electron chi connectivity index (χ4n) is 4.59. The van der Waals surface area contributed by atoms with Gasteiger partial charge in [0, 0.05) is 36.4 Å². The first-order valence-corrected chi connectivity index (χ1v) is 20.0. The number of sulfonamides is 2. The number of halogens is 4. The van der Waals surface area contributed by atoms with Crippen molar-refractivity contribution in [1.82, 2.24) is 9.44 Å². The molecule has 55 heavy (non-hydrogen) atoms. The predicted molar refractivity (Wildman–Crippen MR) is 203 cm³/mol. The van der Waals surface area contributed by atoms with Gasteiger partial charge in [0.2, 0.25) is 20.0 Å². The Hall–Kier alpha value is -3.91. The van der Waals surface area contributed by atoms with E-state index in [1.165, 1.54) is 36.4 Å². The average Bonchev–Trinajstić information content (AvgIpc) is 3.92. The van der Waals surface area contributed by atoms with Gasteiger partial charge in [0.05, 0.1) is 9.79 Å². The van der Waals surface area contributed by atoms with Crippen LogP contribution in [-0.2, 0) is 54.6 Å². The normalized spacial score (nSPS) is 12.5. The zero-order chi connectivity index (χ0) is 39.4.